The van der Waals surface area contributed by atoms with Crippen molar-refractivity contribution in [2.24, 2.45) is 0 Å². The molecule has 1 N–H and O–H groups in total. The van der Waals surface area contributed by atoms with Gasteiger partial charge < -0.3 is 10.2 Å². The fourth-order valence-electron chi connectivity index (χ4n) is 2.77. The van der Waals surface area contributed by atoms with E-state index in [1.807, 2.05) is 25.1 Å². The molecule has 1 amide bonds. The Bertz CT molecular complexity index is 515. The molecule has 1 aromatic carbocycles. The first kappa shape index (κ1) is 18.3. The molecule has 126 valence electrons. The van der Waals surface area contributed by atoms with E-state index >= 15 is 0 Å². The van der Waals surface area contributed by atoms with Crippen molar-refractivity contribution < 1.29 is 4.79 Å². The van der Waals surface area contributed by atoms with Gasteiger partial charge in [-0.3, -0.25) is 4.79 Å². The maximum absolute atomic E-state index is 12.3. The van der Waals surface area contributed by atoms with Crippen molar-refractivity contribution in [3.63, 3.8) is 0 Å². The molecular formula is C18H26N2OS2. The van der Waals surface area contributed by atoms with Gasteiger partial charge in [-0.25, -0.2) is 0 Å². The number of rotatable bonds is 6. The van der Waals surface area contributed by atoms with Crippen LogP contribution in [0, 0.1) is 0 Å². The highest BCUT2D eigenvalue weighted by Gasteiger charge is 2.21. The number of carbonyl (C=O) groups excluding carboxylic acids is 1. The van der Waals surface area contributed by atoms with Crippen molar-refractivity contribution in [3.8, 4) is 0 Å². The van der Waals surface area contributed by atoms with Crippen molar-refractivity contribution in [2.45, 2.75) is 44.3 Å². The number of carbonyl (C=O) groups is 1. The van der Waals surface area contributed by atoms with E-state index in [4.69, 9.17) is 12.2 Å². The van der Waals surface area contributed by atoms with Crippen LogP contribution in [0.15, 0.2) is 30.3 Å². The van der Waals surface area contributed by atoms with E-state index < -0.39 is 0 Å². The van der Waals surface area contributed by atoms with Crippen LogP contribution in [-0.2, 0) is 4.79 Å². The Hall–Kier alpha value is -1.07. The van der Waals surface area contributed by atoms with E-state index in [1.165, 1.54) is 30.2 Å². The topological polar surface area (TPSA) is 32.3 Å². The number of hydrogen-bond donors (Lipinski definition) is 1. The van der Waals surface area contributed by atoms with Crippen LogP contribution in [0.4, 0.5) is 0 Å². The highest BCUT2D eigenvalue weighted by atomic mass is 32.2. The lowest BCUT2D eigenvalue weighted by molar-refractivity contribution is -0.120. The molecule has 1 saturated heterocycles. The molecule has 0 saturated carbocycles. The van der Waals surface area contributed by atoms with Crippen LogP contribution in [0.5, 0.6) is 0 Å². The molecule has 2 atom stereocenters. The van der Waals surface area contributed by atoms with Crippen LogP contribution >= 0.6 is 24.0 Å². The zero-order valence-corrected chi connectivity index (χ0v) is 15.6. The first-order valence-corrected chi connectivity index (χ1v) is 9.68. The minimum Gasteiger partial charge on any atom is -0.358 e. The van der Waals surface area contributed by atoms with Crippen LogP contribution < -0.4 is 5.32 Å². The lowest BCUT2D eigenvalue weighted by Gasteiger charge is -2.21. The number of nitrogens with one attached hydrogen (secondary N) is 1. The third-order valence-corrected chi connectivity index (χ3v) is 5.87. The summed E-state index contributed by atoms with van der Waals surface area (Å²) in [4.78, 5) is 14.5. The minimum absolute atomic E-state index is 0.0749. The van der Waals surface area contributed by atoms with Gasteiger partial charge in [0, 0.05) is 25.6 Å². The zero-order valence-electron chi connectivity index (χ0n) is 14.0. The molecule has 23 heavy (non-hydrogen) atoms. The molecule has 2 rings (SSSR count). The Morgan fingerprint density at radius 1 is 1.30 bits per heavy atom. The molecule has 0 unspecified atom stereocenters. The second-order valence-corrected chi connectivity index (χ2v) is 7.96. The maximum Gasteiger partial charge on any atom is 0.233 e. The van der Waals surface area contributed by atoms with E-state index in [9.17, 15) is 4.79 Å². The Labute approximate surface area is 149 Å². The van der Waals surface area contributed by atoms with E-state index in [0.717, 1.165) is 23.8 Å². The molecule has 1 aliphatic heterocycles. The number of amides is 1. The fraction of sp³-hybridized carbons (Fsp3) is 0.556. The molecule has 0 aliphatic carbocycles. The van der Waals surface area contributed by atoms with Crippen LogP contribution in [0.1, 0.15) is 44.6 Å². The molecule has 1 aromatic rings. The number of hydrogen-bond acceptors (Lipinski definition) is 3. The van der Waals surface area contributed by atoms with Crippen molar-refractivity contribution >= 4 is 34.2 Å². The van der Waals surface area contributed by atoms with Gasteiger partial charge in [-0.15, -0.1) is 0 Å². The Kier molecular flexibility index (Phi) is 7.37. The monoisotopic (exact) mass is 350 g/mol. The third kappa shape index (κ3) is 5.50. The quantitative estimate of drug-likeness (QED) is 0.791. The molecule has 0 aromatic heterocycles. The first-order chi connectivity index (χ1) is 11.1. The number of thiocarbonyl (C=S) groups is 1. The molecule has 5 heteroatoms. The van der Waals surface area contributed by atoms with Gasteiger partial charge in [-0.2, -0.15) is 0 Å². The SMILES string of the molecule is CC[C@@H](CNC(=O)[C@H](C)SC(=S)N1CCCC1)c1ccccc1. The van der Waals surface area contributed by atoms with Gasteiger partial charge in [0.05, 0.1) is 5.25 Å². The van der Waals surface area contributed by atoms with Crippen molar-refractivity contribution in [1.82, 2.24) is 10.2 Å². The Morgan fingerprint density at radius 2 is 1.96 bits per heavy atom. The standard InChI is InChI=1S/C18H26N2OS2/c1-3-15(16-9-5-4-6-10-16)13-19-17(21)14(2)23-18(22)20-11-7-8-12-20/h4-6,9-10,14-15H,3,7-8,11-13H2,1-2H3,(H,19,21)/t14-,15-/m0/s1. The van der Waals surface area contributed by atoms with Gasteiger partial charge >= 0.3 is 0 Å². The number of likely N-dealkylation sites (tertiary alicyclic amines) is 1. The van der Waals surface area contributed by atoms with Gasteiger partial charge in [-0.05, 0) is 31.7 Å². The second kappa shape index (κ2) is 9.28. The highest BCUT2D eigenvalue weighted by Crippen LogP contribution is 2.21. The molecular weight excluding hydrogens is 324 g/mol. The molecule has 3 nitrogen and oxygen atoms in total. The normalized spacial score (nSPS) is 16.9. The van der Waals surface area contributed by atoms with Gasteiger partial charge in [0.15, 0.2) is 0 Å². The molecule has 1 heterocycles. The fourth-order valence-corrected chi connectivity index (χ4v) is 4.21. The summed E-state index contributed by atoms with van der Waals surface area (Å²) < 4.78 is 0.861. The van der Waals surface area contributed by atoms with Crippen molar-refractivity contribution in [1.29, 1.82) is 0 Å². The summed E-state index contributed by atoms with van der Waals surface area (Å²) in [7, 11) is 0. The van der Waals surface area contributed by atoms with E-state index in [-0.39, 0.29) is 11.2 Å². The molecule has 0 bridgehead atoms. The maximum atomic E-state index is 12.3. The lowest BCUT2D eigenvalue weighted by Crippen LogP contribution is -2.36. The van der Waals surface area contributed by atoms with Crippen LogP contribution in [0.3, 0.4) is 0 Å². The first-order valence-electron chi connectivity index (χ1n) is 8.40. The van der Waals surface area contributed by atoms with Gasteiger partial charge in [0.2, 0.25) is 5.91 Å². The third-order valence-electron chi connectivity index (χ3n) is 4.30. The van der Waals surface area contributed by atoms with Gasteiger partial charge in [-0.1, -0.05) is 61.2 Å². The number of benzene rings is 1. The predicted octanol–water partition coefficient (Wildman–Crippen LogP) is 3.80. The minimum atomic E-state index is -0.142. The summed E-state index contributed by atoms with van der Waals surface area (Å²) in [5, 5.41) is 2.95. The van der Waals surface area contributed by atoms with E-state index in [1.54, 1.807) is 0 Å². The average Bonchev–Trinajstić information content (AvgIpc) is 3.10. The van der Waals surface area contributed by atoms with Gasteiger partial charge in [0.1, 0.15) is 4.32 Å². The van der Waals surface area contributed by atoms with Crippen LogP contribution in [0.2, 0.25) is 0 Å². The summed E-state index contributed by atoms with van der Waals surface area (Å²) in [6, 6.07) is 10.4. The highest BCUT2D eigenvalue weighted by molar-refractivity contribution is 8.23. The Morgan fingerprint density at radius 3 is 2.57 bits per heavy atom. The average molecular weight is 351 g/mol. The molecule has 0 spiro atoms. The largest absolute Gasteiger partial charge is 0.358 e. The summed E-state index contributed by atoms with van der Waals surface area (Å²) in [5.74, 6) is 0.439. The zero-order chi connectivity index (χ0) is 16.7. The summed E-state index contributed by atoms with van der Waals surface area (Å²) in [6.07, 6.45) is 3.42. The Balaban J connectivity index is 1.79. The van der Waals surface area contributed by atoms with Crippen molar-refractivity contribution in [2.75, 3.05) is 19.6 Å². The van der Waals surface area contributed by atoms with E-state index in [0.29, 0.717) is 12.5 Å². The lowest BCUT2D eigenvalue weighted by atomic mass is 9.96. The number of thioether (sulfide) groups is 1. The number of nitrogens with zero attached hydrogens (tertiary/aromatic N) is 1. The smallest absolute Gasteiger partial charge is 0.233 e. The summed E-state index contributed by atoms with van der Waals surface area (Å²) in [5.41, 5.74) is 1.28. The molecule has 1 fully saturated rings. The summed E-state index contributed by atoms with van der Waals surface area (Å²) in [6.45, 7) is 6.84. The van der Waals surface area contributed by atoms with Crippen LogP contribution in [0.25, 0.3) is 0 Å². The molecule has 1 aliphatic rings. The van der Waals surface area contributed by atoms with E-state index in [2.05, 4.69) is 29.3 Å². The van der Waals surface area contributed by atoms with Gasteiger partial charge in [0.25, 0.3) is 0 Å². The summed E-state index contributed by atoms with van der Waals surface area (Å²) >= 11 is 6.96. The van der Waals surface area contributed by atoms with Crippen molar-refractivity contribution in [3.05, 3.63) is 35.9 Å². The van der Waals surface area contributed by atoms with Crippen LogP contribution in [-0.4, -0.2) is 40.0 Å². The second-order valence-electron chi connectivity index (χ2n) is 5.98. The predicted molar refractivity (Wildman–Crippen MR) is 103 cm³/mol. The molecule has 0 radical (unpaired) electrons.